The Morgan fingerprint density at radius 2 is 1.67 bits per heavy atom. The van der Waals surface area contributed by atoms with Crippen molar-refractivity contribution in [3.63, 3.8) is 0 Å². The average molecular weight is 409 g/mol. The Kier molecular flexibility index (Phi) is 5.03. The number of anilines is 1. The van der Waals surface area contributed by atoms with Crippen LogP contribution >= 0.6 is 0 Å². The molecule has 0 radical (unpaired) electrons. The Bertz CT molecular complexity index is 1230. The fraction of sp³-hybridized carbons (Fsp3) is 0.130. The van der Waals surface area contributed by atoms with Gasteiger partial charge in [-0.1, -0.05) is 36.4 Å². The van der Waals surface area contributed by atoms with Crippen molar-refractivity contribution in [1.29, 1.82) is 0 Å². The van der Waals surface area contributed by atoms with E-state index in [2.05, 4.69) is 4.98 Å². The monoisotopic (exact) mass is 409 g/mol. The summed E-state index contributed by atoms with van der Waals surface area (Å²) in [6, 6.07) is 19.5. The van der Waals surface area contributed by atoms with Crippen molar-refractivity contribution < 1.29 is 13.2 Å². The normalized spacial score (nSPS) is 11.6. The summed E-state index contributed by atoms with van der Waals surface area (Å²) in [6.07, 6.45) is -2.47. The first-order valence-corrected chi connectivity index (χ1v) is 9.29. The van der Waals surface area contributed by atoms with Crippen molar-refractivity contribution in [2.75, 3.05) is 12.1 Å². The highest BCUT2D eigenvalue weighted by Gasteiger charge is 2.30. The molecule has 0 fully saturated rings. The second-order valence-corrected chi connectivity index (χ2v) is 6.92. The molecule has 152 valence electrons. The van der Waals surface area contributed by atoms with E-state index in [0.29, 0.717) is 22.5 Å². The second kappa shape index (κ2) is 7.67. The number of rotatable bonds is 4. The van der Waals surface area contributed by atoms with E-state index in [1.807, 2.05) is 24.3 Å². The molecule has 4 aromatic rings. The smallest absolute Gasteiger partial charge is 0.267 e. The van der Waals surface area contributed by atoms with Crippen molar-refractivity contribution >= 4 is 16.6 Å². The fourth-order valence-corrected chi connectivity index (χ4v) is 3.43. The van der Waals surface area contributed by atoms with E-state index in [1.54, 1.807) is 42.5 Å². The largest absolute Gasteiger partial charge is 0.416 e. The van der Waals surface area contributed by atoms with Crippen molar-refractivity contribution in [3.8, 4) is 0 Å². The Balaban J connectivity index is 1.83. The van der Waals surface area contributed by atoms with Crippen LogP contribution < -0.4 is 10.6 Å². The van der Waals surface area contributed by atoms with Gasteiger partial charge in [-0.2, -0.15) is 13.2 Å². The highest BCUT2D eigenvalue weighted by atomic mass is 19.4. The zero-order chi connectivity index (χ0) is 21.3. The van der Waals surface area contributed by atoms with Crippen LogP contribution in [0, 0.1) is 0 Å². The van der Waals surface area contributed by atoms with Crippen molar-refractivity contribution in [2.45, 2.75) is 12.6 Å². The number of hydrogen-bond donors (Lipinski definition) is 0. The Hall–Kier alpha value is -3.61. The van der Waals surface area contributed by atoms with E-state index < -0.39 is 11.7 Å². The first-order valence-electron chi connectivity index (χ1n) is 9.29. The Morgan fingerprint density at radius 1 is 0.967 bits per heavy atom. The first kappa shape index (κ1) is 19.7. The molecular formula is C23H18F3N3O. The lowest BCUT2D eigenvalue weighted by molar-refractivity contribution is -0.137. The maximum absolute atomic E-state index is 13.3. The average Bonchev–Trinajstić information content (AvgIpc) is 2.74. The number of nitrogens with zero attached hydrogens (tertiary/aromatic N) is 3. The molecule has 0 bridgehead atoms. The van der Waals surface area contributed by atoms with Gasteiger partial charge in [0.1, 0.15) is 5.82 Å². The SMILES string of the molecule is CN(c1ccccn1)n1c(Cc2ccc(C(F)(F)F)cc2)cc2ccccc2c1=O. The molecule has 2 aromatic carbocycles. The van der Waals surface area contributed by atoms with E-state index in [9.17, 15) is 18.0 Å². The topological polar surface area (TPSA) is 38.1 Å². The van der Waals surface area contributed by atoms with Crippen molar-refractivity contribution in [2.24, 2.45) is 0 Å². The standard InChI is InChI=1S/C23H18F3N3O/c1-28(21-8-4-5-13-27-21)29-19(15-17-6-2-3-7-20(17)22(29)30)14-16-9-11-18(12-10-16)23(24,25)26/h2-13,15H,14H2,1H3. The van der Waals surface area contributed by atoms with Crippen LogP contribution in [0.1, 0.15) is 16.8 Å². The van der Waals surface area contributed by atoms with E-state index >= 15 is 0 Å². The fourth-order valence-electron chi connectivity index (χ4n) is 3.43. The molecule has 0 atom stereocenters. The third-order valence-electron chi connectivity index (χ3n) is 4.93. The minimum atomic E-state index is -4.39. The van der Waals surface area contributed by atoms with Crippen LogP contribution in [0.5, 0.6) is 0 Å². The molecule has 0 aliphatic heterocycles. The zero-order valence-electron chi connectivity index (χ0n) is 16.1. The van der Waals surface area contributed by atoms with Gasteiger partial charge in [0.25, 0.3) is 5.56 Å². The van der Waals surface area contributed by atoms with Gasteiger partial charge in [-0.25, -0.2) is 9.66 Å². The van der Waals surface area contributed by atoms with Gasteiger partial charge in [0.2, 0.25) is 0 Å². The molecule has 7 heteroatoms. The molecular weight excluding hydrogens is 391 g/mol. The molecule has 4 rings (SSSR count). The van der Waals surface area contributed by atoms with Gasteiger partial charge in [-0.3, -0.25) is 9.80 Å². The van der Waals surface area contributed by atoms with Gasteiger partial charge in [-0.05, 0) is 47.3 Å². The van der Waals surface area contributed by atoms with Crippen LogP contribution in [0.2, 0.25) is 0 Å². The van der Waals surface area contributed by atoms with Gasteiger partial charge in [0.15, 0.2) is 0 Å². The summed E-state index contributed by atoms with van der Waals surface area (Å²) in [4.78, 5) is 17.6. The lowest BCUT2D eigenvalue weighted by atomic mass is 10.0. The van der Waals surface area contributed by atoms with Crippen molar-refractivity contribution in [1.82, 2.24) is 9.66 Å². The van der Waals surface area contributed by atoms with E-state index in [1.165, 1.54) is 16.8 Å². The predicted octanol–water partition coefficient (Wildman–Crippen LogP) is 4.91. The number of alkyl halides is 3. The molecule has 0 saturated heterocycles. The third kappa shape index (κ3) is 3.78. The van der Waals surface area contributed by atoms with Gasteiger partial charge in [0.05, 0.1) is 5.56 Å². The van der Waals surface area contributed by atoms with Crippen LogP contribution in [-0.2, 0) is 12.6 Å². The minimum absolute atomic E-state index is 0.219. The van der Waals surface area contributed by atoms with Gasteiger partial charge < -0.3 is 0 Å². The molecule has 4 nitrogen and oxygen atoms in total. The predicted molar refractivity (Wildman–Crippen MR) is 110 cm³/mol. The third-order valence-corrected chi connectivity index (χ3v) is 4.93. The molecule has 0 unspecified atom stereocenters. The van der Waals surface area contributed by atoms with Crippen LogP contribution in [0.25, 0.3) is 10.8 Å². The highest BCUT2D eigenvalue weighted by molar-refractivity contribution is 5.82. The van der Waals surface area contributed by atoms with Crippen LogP contribution in [0.3, 0.4) is 0 Å². The molecule has 2 heterocycles. The summed E-state index contributed by atoms with van der Waals surface area (Å²) in [5.74, 6) is 0.573. The first-order chi connectivity index (χ1) is 14.3. The second-order valence-electron chi connectivity index (χ2n) is 6.92. The van der Waals surface area contributed by atoms with E-state index in [-0.39, 0.29) is 12.0 Å². The van der Waals surface area contributed by atoms with Crippen LogP contribution in [-0.4, -0.2) is 16.7 Å². The number of hydrogen-bond acceptors (Lipinski definition) is 3. The zero-order valence-corrected chi connectivity index (χ0v) is 16.1. The summed E-state index contributed by atoms with van der Waals surface area (Å²) in [7, 11) is 1.73. The molecule has 2 aromatic heterocycles. The molecule has 0 spiro atoms. The maximum Gasteiger partial charge on any atom is 0.416 e. The molecule has 0 N–H and O–H groups in total. The summed E-state index contributed by atoms with van der Waals surface area (Å²) >= 11 is 0. The van der Waals surface area contributed by atoms with Gasteiger partial charge >= 0.3 is 6.18 Å². The number of aromatic nitrogens is 2. The van der Waals surface area contributed by atoms with Crippen molar-refractivity contribution in [3.05, 3.63) is 106 Å². The summed E-state index contributed by atoms with van der Waals surface area (Å²) in [5, 5.41) is 2.97. The summed E-state index contributed by atoms with van der Waals surface area (Å²) in [5.41, 5.74) is 0.392. The van der Waals surface area contributed by atoms with E-state index in [0.717, 1.165) is 17.5 Å². The van der Waals surface area contributed by atoms with Crippen LogP contribution in [0.15, 0.2) is 83.8 Å². The Labute approximate surface area is 170 Å². The lowest BCUT2D eigenvalue weighted by Gasteiger charge is -2.25. The molecule has 0 saturated carbocycles. The molecule has 0 aliphatic carbocycles. The Morgan fingerprint density at radius 3 is 2.33 bits per heavy atom. The number of fused-ring (bicyclic) bond motifs is 1. The number of halogens is 3. The molecule has 0 amide bonds. The molecule has 0 aliphatic rings. The van der Waals surface area contributed by atoms with Gasteiger partial charge in [0, 0.05) is 30.7 Å². The quantitative estimate of drug-likeness (QED) is 0.481. The van der Waals surface area contributed by atoms with E-state index in [4.69, 9.17) is 0 Å². The summed E-state index contributed by atoms with van der Waals surface area (Å²) < 4.78 is 40.1. The maximum atomic E-state index is 13.3. The van der Waals surface area contributed by atoms with Crippen LogP contribution in [0.4, 0.5) is 19.0 Å². The lowest BCUT2D eigenvalue weighted by Crippen LogP contribution is -2.38. The number of pyridine rings is 2. The highest BCUT2D eigenvalue weighted by Crippen LogP contribution is 2.29. The molecule has 30 heavy (non-hydrogen) atoms. The summed E-state index contributed by atoms with van der Waals surface area (Å²) in [6.45, 7) is 0. The minimum Gasteiger partial charge on any atom is -0.267 e. The van der Waals surface area contributed by atoms with Gasteiger partial charge in [-0.15, -0.1) is 0 Å². The number of benzene rings is 2.